The van der Waals surface area contributed by atoms with Crippen LogP contribution in [0.4, 0.5) is 0 Å². The van der Waals surface area contributed by atoms with E-state index < -0.39 is 0 Å². The number of hydrogen-bond acceptors (Lipinski definition) is 6. The van der Waals surface area contributed by atoms with Crippen LogP contribution < -0.4 is 5.32 Å². The maximum Gasteiger partial charge on any atom is 0.230 e. The lowest BCUT2D eigenvalue weighted by Crippen LogP contribution is -2.27. The zero-order valence-electron chi connectivity index (χ0n) is 11.1. The van der Waals surface area contributed by atoms with E-state index in [9.17, 15) is 4.79 Å². The number of aromatic amines is 1. The first-order chi connectivity index (χ1) is 10.3. The molecular formula is C13H13N5OS2. The number of thioether (sulfide) groups is 1. The Balaban J connectivity index is 1.44. The van der Waals surface area contributed by atoms with Gasteiger partial charge in [0.05, 0.1) is 16.0 Å². The van der Waals surface area contributed by atoms with E-state index in [0.29, 0.717) is 18.7 Å². The van der Waals surface area contributed by atoms with Crippen molar-refractivity contribution in [3.8, 4) is 0 Å². The van der Waals surface area contributed by atoms with Crippen molar-refractivity contribution in [3.63, 3.8) is 0 Å². The van der Waals surface area contributed by atoms with Crippen molar-refractivity contribution in [2.45, 2.75) is 10.8 Å². The second-order valence-electron chi connectivity index (χ2n) is 4.27. The van der Waals surface area contributed by atoms with Gasteiger partial charge in [0.1, 0.15) is 12.2 Å². The lowest BCUT2D eigenvalue weighted by atomic mass is 10.3. The van der Waals surface area contributed by atoms with E-state index in [-0.39, 0.29) is 5.91 Å². The minimum atomic E-state index is -0.00114. The largest absolute Gasteiger partial charge is 0.355 e. The monoisotopic (exact) mass is 319 g/mol. The topological polar surface area (TPSA) is 83.6 Å². The van der Waals surface area contributed by atoms with E-state index in [1.54, 1.807) is 11.3 Å². The molecule has 1 amide bonds. The fraction of sp³-hybridized carbons (Fsp3) is 0.231. The number of fused-ring (bicyclic) bond motifs is 1. The Kier molecular flexibility index (Phi) is 4.46. The number of hydrogen-bond donors (Lipinski definition) is 2. The van der Waals surface area contributed by atoms with Gasteiger partial charge in [-0.1, -0.05) is 23.9 Å². The Morgan fingerprint density at radius 1 is 1.38 bits per heavy atom. The third kappa shape index (κ3) is 3.79. The van der Waals surface area contributed by atoms with Gasteiger partial charge in [0.2, 0.25) is 5.91 Å². The summed E-state index contributed by atoms with van der Waals surface area (Å²) in [6.07, 6.45) is 2.11. The predicted molar refractivity (Wildman–Crippen MR) is 83.4 cm³/mol. The summed E-state index contributed by atoms with van der Waals surface area (Å²) in [4.78, 5) is 20.2. The molecule has 0 unspecified atom stereocenters. The summed E-state index contributed by atoms with van der Waals surface area (Å²) in [7, 11) is 0. The minimum Gasteiger partial charge on any atom is -0.355 e. The highest BCUT2D eigenvalue weighted by Gasteiger charge is 2.07. The van der Waals surface area contributed by atoms with E-state index in [1.807, 2.05) is 24.3 Å². The fourth-order valence-corrected chi connectivity index (χ4v) is 3.66. The Hall–Kier alpha value is -1.93. The van der Waals surface area contributed by atoms with E-state index in [0.717, 1.165) is 20.4 Å². The summed E-state index contributed by atoms with van der Waals surface area (Å²) in [6, 6.07) is 7.97. The molecule has 0 aliphatic rings. The summed E-state index contributed by atoms with van der Waals surface area (Å²) >= 11 is 3.07. The number of thiazole rings is 1. The van der Waals surface area contributed by atoms with Crippen molar-refractivity contribution >= 4 is 39.2 Å². The number of rotatable bonds is 6. The zero-order chi connectivity index (χ0) is 14.5. The summed E-state index contributed by atoms with van der Waals surface area (Å²) in [5, 5.41) is 9.37. The van der Waals surface area contributed by atoms with Gasteiger partial charge < -0.3 is 5.32 Å². The predicted octanol–water partition coefficient (Wildman–Crippen LogP) is 1.87. The number of para-hydroxylation sites is 1. The van der Waals surface area contributed by atoms with Crippen molar-refractivity contribution in [1.82, 2.24) is 25.5 Å². The van der Waals surface area contributed by atoms with Gasteiger partial charge in [0, 0.05) is 13.0 Å². The molecule has 0 radical (unpaired) electrons. The van der Waals surface area contributed by atoms with Crippen LogP contribution in [0.1, 0.15) is 5.82 Å². The van der Waals surface area contributed by atoms with Crippen LogP contribution in [0.25, 0.3) is 10.2 Å². The van der Waals surface area contributed by atoms with Gasteiger partial charge in [0.25, 0.3) is 0 Å². The summed E-state index contributed by atoms with van der Waals surface area (Å²) in [5.41, 5.74) is 0.982. The Morgan fingerprint density at radius 3 is 3.10 bits per heavy atom. The zero-order valence-corrected chi connectivity index (χ0v) is 12.7. The number of nitrogens with one attached hydrogen (secondary N) is 2. The van der Waals surface area contributed by atoms with Crippen LogP contribution in [0.2, 0.25) is 0 Å². The number of carbonyl (C=O) groups excluding carboxylic acids is 1. The third-order valence-corrected chi connectivity index (χ3v) is 4.93. The van der Waals surface area contributed by atoms with E-state index in [2.05, 4.69) is 25.5 Å². The van der Waals surface area contributed by atoms with Gasteiger partial charge >= 0.3 is 0 Å². The molecule has 2 heterocycles. The van der Waals surface area contributed by atoms with Crippen molar-refractivity contribution in [2.75, 3.05) is 12.3 Å². The number of benzene rings is 1. The summed E-state index contributed by atoms with van der Waals surface area (Å²) in [6.45, 7) is 0.550. The fourth-order valence-electron chi connectivity index (χ4n) is 1.76. The second kappa shape index (κ2) is 6.68. The van der Waals surface area contributed by atoms with E-state index >= 15 is 0 Å². The molecule has 0 aliphatic heterocycles. The molecule has 0 saturated carbocycles. The van der Waals surface area contributed by atoms with Crippen molar-refractivity contribution in [1.29, 1.82) is 0 Å². The molecule has 6 nitrogen and oxygen atoms in total. The molecule has 8 heteroatoms. The van der Waals surface area contributed by atoms with Crippen LogP contribution in [-0.2, 0) is 11.2 Å². The van der Waals surface area contributed by atoms with Crippen LogP contribution in [0.3, 0.4) is 0 Å². The maximum atomic E-state index is 11.8. The first-order valence-corrected chi connectivity index (χ1v) is 8.21. The van der Waals surface area contributed by atoms with E-state index in [4.69, 9.17) is 0 Å². The van der Waals surface area contributed by atoms with Crippen molar-refractivity contribution in [2.24, 2.45) is 0 Å². The lowest BCUT2D eigenvalue weighted by Gasteiger charge is -2.02. The molecule has 0 aliphatic carbocycles. The second-order valence-corrected chi connectivity index (χ2v) is 6.52. The van der Waals surface area contributed by atoms with Crippen LogP contribution in [0.5, 0.6) is 0 Å². The minimum absolute atomic E-state index is 0.00114. The Bertz CT molecular complexity index is 692. The molecule has 108 valence electrons. The molecule has 1 aromatic carbocycles. The van der Waals surface area contributed by atoms with Gasteiger partial charge in [-0.25, -0.2) is 9.97 Å². The van der Waals surface area contributed by atoms with Crippen LogP contribution in [-0.4, -0.2) is 38.4 Å². The highest BCUT2D eigenvalue weighted by molar-refractivity contribution is 8.01. The molecular weight excluding hydrogens is 306 g/mol. The van der Waals surface area contributed by atoms with Crippen molar-refractivity contribution in [3.05, 3.63) is 36.4 Å². The molecule has 21 heavy (non-hydrogen) atoms. The van der Waals surface area contributed by atoms with Gasteiger partial charge in [-0.3, -0.25) is 9.89 Å². The van der Waals surface area contributed by atoms with Gasteiger partial charge in [-0.05, 0) is 12.1 Å². The standard InChI is InChI=1S/C13H13N5OS2/c19-12(14-6-5-11-15-8-16-18-11)7-20-13-17-9-3-1-2-4-10(9)21-13/h1-4,8H,5-7H2,(H,14,19)(H,15,16,18). The first-order valence-electron chi connectivity index (χ1n) is 6.40. The maximum absolute atomic E-state index is 11.8. The molecule has 0 bridgehead atoms. The summed E-state index contributed by atoms with van der Waals surface area (Å²) < 4.78 is 2.06. The number of carbonyl (C=O) groups is 1. The molecule has 3 rings (SSSR count). The van der Waals surface area contributed by atoms with Crippen LogP contribution in [0, 0.1) is 0 Å². The number of amides is 1. The molecule has 0 spiro atoms. The Labute approximate surface area is 129 Å². The quantitative estimate of drug-likeness (QED) is 0.678. The van der Waals surface area contributed by atoms with Gasteiger partial charge in [-0.15, -0.1) is 11.3 Å². The molecule has 0 fully saturated rings. The molecule has 0 atom stereocenters. The lowest BCUT2D eigenvalue weighted by molar-refractivity contribution is -0.118. The van der Waals surface area contributed by atoms with Crippen molar-refractivity contribution < 1.29 is 4.79 Å². The average Bonchev–Trinajstić information content (AvgIpc) is 3.13. The summed E-state index contributed by atoms with van der Waals surface area (Å²) in [5.74, 6) is 1.14. The van der Waals surface area contributed by atoms with Gasteiger partial charge in [-0.2, -0.15) is 5.10 Å². The van der Waals surface area contributed by atoms with Crippen LogP contribution in [0.15, 0.2) is 34.9 Å². The number of nitrogens with zero attached hydrogens (tertiary/aromatic N) is 3. The van der Waals surface area contributed by atoms with E-state index in [1.165, 1.54) is 18.1 Å². The highest BCUT2D eigenvalue weighted by Crippen LogP contribution is 2.28. The molecule has 0 saturated heterocycles. The van der Waals surface area contributed by atoms with Crippen LogP contribution >= 0.6 is 23.1 Å². The highest BCUT2D eigenvalue weighted by atomic mass is 32.2. The normalized spacial score (nSPS) is 10.9. The average molecular weight is 319 g/mol. The third-order valence-electron chi connectivity index (χ3n) is 2.75. The molecule has 3 aromatic rings. The van der Waals surface area contributed by atoms with Gasteiger partial charge in [0.15, 0.2) is 4.34 Å². The first kappa shape index (κ1) is 14.0. The SMILES string of the molecule is O=C(CSc1nc2ccccc2s1)NCCc1ncn[nH]1. The Morgan fingerprint density at radius 2 is 2.29 bits per heavy atom. The smallest absolute Gasteiger partial charge is 0.230 e. The molecule has 2 aromatic heterocycles. The number of aromatic nitrogens is 4. The molecule has 2 N–H and O–H groups in total. The number of H-pyrrole nitrogens is 1.